The molecule has 0 saturated carbocycles. The standard InChI is InChI=1S/C15H10O3/c16-11(10-4-2-6-13-15(10)18-13)8-7-9-3-1-5-12-14(9)17-12/h1-6H,7-8H2. The first-order valence-corrected chi connectivity index (χ1v) is 5.97. The van der Waals surface area contributed by atoms with Crippen LogP contribution in [-0.2, 0) is 6.42 Å². The molecule has 18 heavy (non-hydrogen) atoms. The first-order chi connectivity index (χ1) is 8.83. The Morgan fingerprint density at radius 3 is 2.56 bits per heavy atom. The van der Waals surface area contributed by atoms with Crippen LogP contribution in [0.1, 0.15) is 22.3 Å². The highest BCUT2D eigenvalue weighted by molar-refractivity contribution is 6.01. The van der Waals surface area contributed by atoms with Crippen molar-refractivity contribution >= 4 is 5.78 Å². The molecule has 0 amide bonds. The minimum absolute atomic E-state index is 0.127. The van der Waals surface area contributed by atoms with Gasteiger partial charge in [-0.15, -0.1) is 0 Å². The number of para-hydroxylation sites is 2. The number of Topliss-reactive ketones (excluding diaryl/α,β-unsaturated/α-hetero) is 1. The van der Waals surface area contributed by atoms with Gasteiger partial charge in [-0.2, -0.15) is 0 Å². The van der Waals surface area contributed by atoms with E-state index in [1.807, 2.05) is 36.4 Å². The zero-order valence-electron chi connectivity index (χ0n) is 9.60. The fourth-order valence-corrected chi connectivity index (χ4v) is 2.23. The lowest BCUT2D eigenvalue weighted by atomic mass is 10.0. The van der Waals surface area contributed by atoms with E-state index in [0.717, 1.165) is 28.6 Å². The third kappa shape index (κ3) is 1.48. The lowest BCUT2D eigenvalue weighted by Gasteiger charge is -1.98. The van der Waals surface area contributed by atoms with Gasteiger partial charge < -0.3 is 9.47 Å². The molecule has 0 fully saturated rings. The molecule has 0 aromatic heterocycles. The maximum absolute atomic E-state index is 12.1. The van der Waals surface area contributed by atoms with Crippen molar-refractivity contribution in [2.45, 2.75) is 12.8 Å². The van der Waals surface area contributed by atoms with Crippen molar-refractivity contribution < 1.29 is 14.3 Å². The van der Waals surface area contributed by atoms with Gasteiger partial charge in [0.1, 0.15) is 0 Å². The lowest BCUT2D eigenvalue weighted by Crippen LogP contribution is -1.99. The average molecular weight is 238 g/mol. The van der Waals surface area contributed by atoms with Gasteiger partial charge in [0.15, 0.2) is 28.8 Å². The SMILES string of the molecule is O=C(CCc1cccc2c1O2)c1cccc2c1O2. The second kappa shape index (κ2) is 3.35. The fraction of sp³-hybridized carbons (Fsp3) is 0.133. The monoisotopic (exact) mass is 238 g/mol. The summed E-state index contributed by atoms with van der Waals surface area (Å²) in [4.78, 5) is 12.1. The maximum atomic E-state index is 12.1. The van der Waals surface area contributed by atoms with Crippen molar-refractivity contribution in [3.05, 3.63) is 47.5 Å². The normalized spacial score (nSPS) is 12.9. The molecule has 0 unspecified atom stereocenters. The Morgan fingerprint density at radius 1 is 0.944 bits per heavy atom. The van der Waals surface area contributed by atoms with E-state index in [-0.39, 0.29) is 5.78 Å². The number of aryl methyl sites for hydroxylation is 1. The fourth-order valence-electron chi connectivity index (χ4n) is 2.23. The largest absolute Gasteiger partial charge is 0.449 e. The smallest absolute Gasteiger partial charge is 0.180 e. The lowest BCUT2D eigenvalue weighted by molar-refractivity contribution is 0.0982. The second-order valence-electron chi connectivity index (χ2n) is 4.50. The number of carbonyl (C=O) groups is 1. The van der Waals surface area contributed by atoms with E-state index < -0.39 is 0 Å². The van der Waals surface area contributed by atoms with Gasteiger partial charge >= 0.3 is 0 Å². The predicted octanol–water partition coefficient (Wildman–Crippen LogP) is 3.71. The Kier molecular flexibility index (Phi) is 1.81. The van der Waals surface area contributed by atoms with E-state index in [4.69, 9.17) is 9.47 Å². The summed E-state index contributed by atoms with van der Waals surface area (Å²) in [6.45, 7) is 0. The van der Waals surface area contributed by atoms with Crippen LogP contribution in [0.4, 0.5) is 0 Å². The van der Waals surface area contributed by atoms with Crippen molar-refractivity contribution in [3.63, 3.8) is 0 Å². The first kappa shape index (κ1) is 9.71. The van der Waals surface area contributed by atoms with Crippen LogP contribution in [0.3, 0.4) is 0 Å². The third-order valence-electron chi connectivity index (χ3n) is 3.30. The molecule has 0 radical (unpaired) electrons. The molecule has 2 aliphatic heterocycles. The highest BCUT2D eigenvalue weighted by Crippen LogP contribution is 2.49. The van der Waals surface area contributed by atoms with Gasteiger partial charge in [0, 0.05) is 6.42 Å². The van der Waals surface area contributed by atoms with Crippen molar-refractivity contribution in [2.24, 2.45) is 0 Å². The Bertz CT molecular complexity index is 673. The number of rotatable bonds is 4. The predicted molar refractivity (Wildman–Crippen MR) is 65.7 cm³/mol. The van der Waals surface area contributed by atoms with Gasteiger partial charge in [-0.05, 0) is 30.2 Å². The Morgan fingerprint density at radius 2 is 1.67 bits per heavy atom. The van der Waals surface area contributed by atoms with E-state index in [9.17, 15) is 4.79 Å². The summed E-state index contributed by atoms with van der Waals surface area (Å²) in [5.74, 6) is 3.60. The highest BCUT2D eigenvalue weighted by atomic mass is 16.6. The average Bonchev–Trinajstić information content (AvgIpc) is 3.26. The highest BCUT2D eigenvalue weighted by Gasteiger charge is 2.28. The van der Waals surface area contributed by atoms with Crippen molar-refractivity contribution in [3.8, 4) is 23.0 Å². The third-order valence-corrected chi connectivity index (χ3v) is 3.30. The molecule has 0 bridgehead atoms. The summed E-state index contributed by atoms with van der Waals surface area (Å²) in [5, 5.41) is 0. The van der Waals surface area contributed by atoms with Gasteiger partial charge in [-0.1, -0.05) is 18.2 Å². The second-order valence-corrected chi connectivity index (χ2v) is 4.50. The molecule has 2 aromatic rings. The van der Waals surface area contributed by atoms with Crippen LogP contribution < -0.4 is 9.47 Å². The van der Waals surface area contributed by atoms with E-state index in [1.165, 1.54) is 0 Å². The molecule has 2 heterocycles. The summed E-state index contributed by atoms with van der Waals surface area (Å²) in [6.07, 6.45) is 1.20. The number of benzene rings is 2. The van der Waals surface area contributed by atoms with Crippen LogP contribution in [0.15, 0.2) is 36.4 Å². The van der Waals surface area contributed by atoms with E-state index in [1.54, 1.807) is 0 Å². The number of carbonyl (C=O) groups excluding carboxylic acids is 1. The molecule has 88 valence electrons. The molecular formula is C15H10O3. The van der Waals surface area contributed by atoms with E-state index >= 15 is 0 Å². The van der Waals surface area contributed by atoms with Gasteiger partial charge in [0.2, 0.25) is 0 Å². The Labute approximate surface area is 104 Å². The van der Waals surface area contributed by atoms with E-state index in [2.05, 4.69) is 0 Å². The van der Waals surface area contributed by atoms with Gasteiger partial charge in [0.25, 0.3) is 0 Å². The molecule has 2 aromatic carbocycles. The molecule has 0 saturated heterocycles. The summed E-state index contributed by atoms with van der Waals surface area (Å²) >= 11 is 0. The zero-order chi connectivity index (χ0) is 12.1. The summed E-state index contributed by atoms with van der Waals surface area (Å²) < 4.78 is 10.5. The molecule has 3 nitrogen and oxygen atoms in total. The number of hydrogen-bond donors (Lipinski definition) is 0. The maximum Gasteiger partial charge on any atom is 0.180 e. The quantitative estimate of drug-likeness (QED) is 0.402. The topological polar surface area (TPSA) is 42.1 Å². The van der Waals surface area contributed by atoms with Gasteiger partial charge in [0.05, 0.1) is 5.56 Å². The van der Waals surface area contributed by atoms with Gasteiger partial charge in [-0.25, -0.2) is 0 Å². The number of ether oxygens (including phenoxy) is 2. The molecule has 2 aliphatic rings. The molecule has 0 spiro atoms. The molecule has 3 heteroatoms. The summed E-state index contributed by atoms with van der Waals surface area (Å²) in [6, 6.07) is 11.4. The van der Waals surface area contributed by atoms with Crippen molar-refractivity contribution in [2.75, 3.05) is 0 Å². The Hall–Kier alpha value is -2.29. The molecule has 4 rings (SSSR count). The summed E-state index contributed by atoms with van der Waals surface area (Å²) in [7, 11) is 0. The minimum Gasteiger partial charge on any atom is -0.449 e. The van der Waals surface area contributed by atoms with Crippen LogP contribution in [0.2, 0.25) is 0 Å². The number of ketones is 1. The molecule has 0 N–H and O–H groups in total. The van der Waals surface area contributed by atoms with E-state index in [0.29, 0.717) is 18.4 Å². The van der Waals surface area contributed by atoms with Crippen LogP contribution >= 0.6 is 0 Å². The number of hydrogen-bond acceptors (Lipinski definition) is 3. The zero-order valence-corrected chi connectivity index (χ0v) is 9.60. The van der Waals surface area contributed by atoms with Crippen LogP contribution in [-0.4, -0.2) is 5.78 Å². The van der Waals surface area contributed by atoms with Crippen LogP contribution in [0.5, 0.6) is 23.0 Å². The number of fused-ring (bicyclic) bond motifs is 2. The van der Waals surface area contributed by atoms with Crippen LogP contribution in [0, 0.1) is 0 Å². The molecule has 0 aliphatic carbocycles. The van der Waals surface area contributed by atoms with Crippen molar-refractivity contribution in [1.82, 2.24) is 0 Å². The first-order valence-electron chi connectivity index (χ1n) is 5.97. The van der Waals surface area contributed by atoms with Crippen molar-refractivity contribution in [1.29, 1.82) is 0 Å². The Balaban J connectivity index is 1.49. The van der Waals surface area contributed by atoms with Crippen LogP contribution in [0.25, 0.3) is 0 Å². The molecule has 0 atom stereocenters. The summed E-state index contributed by atoms with van der Waals surface area (Å²) in [5.41, 5.74) is 1.81. The minimum atomic E-state index is 0.127. The molecular weight excluding hydrogens is 228 g/mol. The van der Waals surface area contributed by atoms with Gasteiger partial charge in [-0.3, -0.25) is 4.79 Å².